The first kappa shape index (κ1) is 20.7. The number of rotatable bonds is 10. The van der Waals surface area contributed by atoms with Gasteiger partial charge in [-0.1, -0.05) is 81.1 Å². The Morgan fingerprint density at radius 3 is 1.92 bits per heavy atom. The van der Waals surface area contributed by atoms with Crippen molar-refractivity contribution in [3.63, 3.8) is 0 Å². The maximum atomic E-state index is 6.62. The molecule has 0 bridgehead atoms. The second-order valence-corrected chi connectivity index (χ2v) is 12.4. The molecular weight excluding hydrogens is 356 g/mol. The van der Waals surface area contributed by atoms with E-state index < -0.39 is 8.32 Å². The second-order valence-electron chi connectivity index (χ2n) is 6.38. The molecule has 2 aromatic carbocycles. The third kappa shape index (κ3) is 5.96. The fourth-order valence-corrected chi connectivity index (χ4v) is 6.24. The second kappa shape index (κ2) is 10.5. The molecule has 2 nitrogen and oxygen atoms in total. The first-order chi connectivity index (χ1) is 12.6. The monoisotopic (exact) mass is 386 g/mol. The Hall–Kier alpha value is -1.65. The first-order valence-corrected chi connectivity index (χ1v) is 12.8. The summed E-state index contributed by atoms with van der Waals surface area (Å²) >= 11 is 1.71. The van der Waals surface area contributed by atoms with Crippen molar-refractivity contribution in [3.05, 3.63) is 77.1 Å². The lowest BCUT2D eigenvalue weighted by molar-refractivity contribution is 0.0878. The third-order valence-corrected chi connectivity index (χ3v) is 10.2. The Balaban J connectivity index is 2.22. The van der Waals surface area contributed by atoms with E-state index >= 15 is 0 Å². The molecule has 0 atom stereocenters. The Morgan fingerprint density at radius 2 is 1.38 bits per heavy atom. The van der Waals surface area contributed by atoms with Gasteiger partial charge in [-0.05, 0) is 42.8 Å². The highest BCUT2D eigenvalue weighted by Crippen LogP contribution is 2.33. The number of allylic oxidation sites excluding steroid dienone is 1. The van der Waals surface area contributed by atoms with E-state index in [0.717, 1.165) is 28.6 Å². The van der Waals surface area contributed by atoms with E-state index in [1.807, 2.05) is 24.3 Å². The van der Waals surface area contributed by atoms with Gasteiger partial charge in [0, 0.05) is 4.90 Å². The van der Waals surface area contributed by atoms with E-state index in [4.69, 9.17) is 9.16 Å². The SMILES string of the molecule is CC[Si](CC)(CC)O/C(OCc1ccccc1)=C(/C)Sc1ccccc1. The molecule has 140 valence electrons. The summed E-state index contributed by atoms with van der Waals surface area (Å²) in [5, 5.41) is 0. The highest BCUT2D eigenvalue weighted by atomic mass is 32.2. The minimum Gasteiger partial charge on any atom is -0.518 e. The summed E-state index contributed by atoms with van der Waals surface area (Å²) in [4.78, 5) is 2.28. The Kier molecular flexibility index (Phi) is 8.33. The third-order valence-electron chi connectivity index (χ3n) is 4.76. The number of hydrogen-bond donors (Lipinski definition) is 0. The van der Waals surface area contributed by atoms with Crippen LogP contribution in [0.3, 0.4) is 0 Å². The van der Waals surface area contributed by atoms with Crippen LogP contribution < -0.4 is 0 Å². The number of ether oxygens (including phenoxy) is 1. The Bertz CT molecular complexity index is 674. The molecule has 0 unspecified atom stereocenters. The molecule has 0 aliphatic heterocycles. The average Bonchev–Trinajstić information content (AvgIpc) is 2.70. The minimum absolute atomic E-state index is 0.532. The zero-order valence-electron chi connectivity index (χ0n) is 16.3. The molecule has 0 aliphatic rings. The number of hydrogen-bond acceptors (Lipinski definition) is 3. The highest BCUT2D eigenvalue weighted by Gasteiger charge is 2.32. The van der Waals surface area contributed by atoms with Gasteiger partial charge in [-0.3, -0.25) is 0 Å². The summed E-state index contributed by atoms with van der Waals surface area (Å²) in [6.07, 6.45) is 0. The van der Waals surface area contributed by atoms with Crippen molar-refractivity contribution in [3.8, 4) is 0 Å². The zero-order valence-corrected chi connectivity index (χ0v) is 18.1. The summed E-state index contributed by atoms with van der Waals surface area (Å²) in [6.45, 7) is 9.36. The van der Waals surface area contributed by atoms with Crippen molar-refractivity contribution in [1.29, 1.82) is 0 Å². The summed E-state index contributed by atoms with van der Waals surface area (Å²) < 4.78 is 12.8. The van der Waals surface area contributed by atoms with Gasteiger partial charge in [-0.2, -0.15) is 0 Å². The summed E-state index contributed by atoms with van der Waals surface area (Å²) in [7, 11) is -1.79. The summed E-state index contributed by atoms with van der Waals surface area (Å²) in [6, 6.07) is 24.0. The molecule has 4 heteroatoms. The molecule has 0 spiro atoms. The van der Waals surface area contributed by atoms with Crippen molar-refractivity contribution in [2.45, 2.75) is 57.3 Å². The maximum absolute atomic E-state index is 6.62. The lowest BCUT2D eigenvalue weighted by atomic mass is 10.2. The fourth-order valence-electron chi connectivity index (χ4n) is 2.80. The van der Waals surface area contributed by atoms with Gasteiger partial charge >= 0.3 is 0 Å². The highest BCUT2D eigenvalue weighted by molar-refractivity contribution is 8.03. The molecule has 0 N–H and O–H groups in total. The predicted molar refractivity (Wildman–Crippen MR) is 115 cm³/mol. The maximum Gasteiger partial charge on any atom is 0.275 e. The first-order valence-electron chi connectivity index (χ1n) is 9.42. The van der Waals surface area contributed by atoms with E-state index in [1.165, 1.54) is 4.90 Å². The molecule has 0 aliphatic carbocycles. The van der Waals surface area contributed by atoms with Crippen LogP contribution >= 0.6 is 11.8 Å². The van der Waals surface area contributed by atoms with Gasteiger partial charge in [0.25, 0.3) is 14.3 Å². The van der Waals surface area contributed by atoms with Crippen LogP contribution in [0.25, 0.3) is 0 Å². The molecule has 0 heterocycles. The zero-order chi connectivity index (χ0) is 18.8. The van der Waals surface area contributed by atoms with E-state index in [-0.39, 0.29) is 0 Å². The average molecular weight is 387 g/mol. The van der Waals surface area contributed by atoms with Gasteiger partial charge in [0.2, 0.25) is 0 Å². The van der Waals surface area contributed by atoms with Crippen LogP contribution in [-0.2, 0) is 15.8 Å². The smallest absolute Gasteiger partial charge is 0.275 e. The molecule has 0 radical (unpaired) electrons. The number of benzene rings is 2. The fraction of sp³-hybridized carbons (Fsp3) is 0.364. The predicted octanol–water partition coefficient (Wildman–Crippen LogP) is 7.21. The van der Waals surface area contributed by atoms with Crippen LogP contribution in [-0.4, -0.2) is 8.32 Å². The van der Waals surface area contributed by atoms with Crippen molar-refractivity contribution < 1.29 is 9.16 Å². The van der Waals surface area contributed by atoms with Crippen LogP contribution in [0, 0.1) is 0 Å². The lowest BCUT2D eigenvalue weighted by Crippen LogP contribution is -2.36. The lowest BCUT2D eigenvalue weighted by Gasteiger charge is -2.30. The van der Waals surface area contributed by atoms with Crippen molar-refractivity contribution in [2.24, 2.45) is 0 Å². The van der Waals surface area contributed by atoms with Crippen molar-refractivity contribution in [1.82, 2.24) is 0 Å². The van der Waals surface area contributed by atoms with Crippen LogP contribution in [0.4, 0.5) is 0 Å². The molecule has 2 rings (SSSR count). The van der Waals surface area contributed by atoms with Gasteiger partial charge in [-0.25, -0.2) is 0 Å². The molecule has 0 saturated carbocycles. The number of thioether (sulfide) groups is 1. The Morgan fingerprint density at radius 1 is 0.846 bits per heavy atom. The van der Waals surface area contributed by atoms with E-state index in [0.29, 0.717) is 12.6 Å². The molecule has 26 heavy (non-hydrogen) atoms. The van der Waals surface area contributed by atoms with Gasteiger partial charge in [0.15, 0.2) is 0 Å². The van der Waals surface area contributed by atoms with E-state index in [1.54, 1.807) is 11.8 Å². The molecule has 0 aromatic heterocycles. The van der Waals surface area contributed by atoms with Gasteiger partial charge in [0.05, 0.1) is 4.91 Å². The van der Waals surface area contributed by atoms with E-state index in [9.17, 15) is 0 Å². The van der Waals surface area contributed by atoms with Gasteiger partial charge in [-0.15, -0.1) is 0 Å². The van der Waals surface area contributed by atoms with Gasteiger partial charge in [0.1, 0.15) is 6.61 Å². The standard InChI is InChI=1S/C22H30O2SSi/c1-5-26(6-2,7-3)24-22(23-18-20-14-10-8-11-15-20)19(4)25-21-16-12-9-13-17-21/h8-17H,5-7,18H2,1-4H3/b22-19-. The molecular formula is C22H30O2SSi. The minimum atomic E-state index is -1.79. The molecule has 0 amide bonds. The topological polar surface area (TPSA) is 18.5 Å². The van der Waals surface area contributed by atoms with Crippen molar-refractivity contribution in [2.75, 3.05) is 0 Å². The summed E-state index contributed by atoms with van der Waals surface area (Å²) in [5.41, 5.74) is 1.16. The van der Waals surface area contributed by atoms with E-state index in [2.05, 4.69) is 64.1 Å². The van der Waals surface area contributed by atoms with Crippen LogP contribution in [0.2, 0.25) is 18.1 Å². The Labute approximate surface area is 163 Å². The van der Waals surface area contributed by atoms with Crippen LogP contribution in [0.5, 0.6) is 0 Å². The quantitative estimate of drug-likeness (QED) is 0.244. The van der Waals surface area contributed by atoms with Gasteiger partial charge < -0.3 is 9.16 Å². The normalized spacial score (nSPS) is 12.5. The largest absolute Gasteiger partial charge is 0.518 e. The van der Waals surface area contributed by atoms with Crippen LogP contribution in [0.1, 0.15) is 33.3 Å². The summed E-state index contributed by atoms with van der Waals surface area (Å²) in [5.74, 6) is 0.708. The van der Waals surface area contributed by atoms with Crippen molar-refractivity contribution >= 4 is 20.1 Å². The molecule has 2 aromatic rings. The molecule has 0 fully saturated rings. The van der Waals surface area contributed by atoms with Crippen LogP contribution in [0.15, 0.2) is 76.4 Å². The molecule has 0 saturated heterocycles.